The zero-order valence-electron chi connectivity index (χ0n) is 10.5. The third-order valence-electron chi connectivity index (χ3n) is 3.68. The van der Waals surface area contributed by atoms with E-state index in [4.69, 9.17) is 5.73 Å². The number of piperidine rings is 1. The van der Waals surface area contributed by atoms with E-state index in [0.29, 0.717) is 0 Å². The summed E-state index contributed by atoms with van der Waals surface area (Å²) in [6.45, 7) is 10.6. The Morgan fingerprint density at radius 1 is 1.40 bits per heavy atom. The van der Waals surface area contributed by atoms with E-state index in [1.54, 1.807) is 0 Å². The molecular weight excluding hydrogens is 188 g/mol. The second-order valence-corrected chi connectivity index (χ2v) is 5.60. The fraction of sp³-hybridized carbons (Fsp3) is 1.00. The fourth-order valence-electron chi connectivity index (χ4n) is 2.58. The molecule has 0 aromatic heterocycles. The molecule has 3 atom stereocenters. The number of nitrogens with two attached hydrogens (primary N) is 1. The van der Waals surface area contributed by atoms with Crippen molar-refractivity contribution in [2.45, 2.75) is 58.2 Å². The van der Waals surface area contributed by atoms with Crippen LogP contribution in [-0.4, -0.2) is 40.8 Å². The van der Waals surface area contributed by atoms with Crippen LogP contribution in [0.25, 0.3) is 0 Å². The van der Waals surface area contributed by atoms with Crippen molar-refractivity contribution in [2.24, 2.45) is 11.7 Å². The molecule has 1 aliphatic rings. The molecular formula is C12H26N2O. The van der Waals surface area contributed by atoms with Crippen LogP contribution in [0.1, 0.15) is 40.5 Å². The lowest BCUT2D eigenvalue weighted by molar-refractivity contribution is -0.0236. The molecule has 3 heteroatoms. The highest BCUT2D eigenvalue weighted by Gasteiger charge is 2.36. The van der Waals surface area contributed by atoms with Gasteiger partial charge in [0.1, 0.15) is 0 Å². The summed E-state index contributed by atoms with van der Waals surface area (Å²) in [6, 6.07) is -0.0927. The predicted molar refractivity (Wildman–Crippen MR) is 63.7 cm³/mol. The Morgan fingerprint density at radius 2 is 2.00 bits per heavy atom. The lowest BCUT2D eigenvalue weighted by Gasteiger charge is -2.47. The van der Waals surface area contributed by atoms with Gasteiger partial charge >= 0.3 is 0 Å². The van der Waals surface area contributed by atoms with Crippen LogP contribution in [0.3, 0.4) is 0 Å². The summed E-state index contributed by atoms with van der Waals surface area (Å²) in [5.74, 6) is 0.282. The summed E-state index contributed by atoms with van der Waals surface area (Å²) in [5, 5.41) is 9.81. The van der Waals surface area contributed by atoms with Crippen molar-refractivity contribution in [3.8, 4) is 0 Å². The first-order valence-corrected chi connectivity index (χ1v) is 6.07. The SMILES string of the molecule is CCCC(C)(C)N1CC(C)C(O)C(N)C1. The van der Waals surface area contributed by atoms with Crippen LogP contribution in [0.5, 0.6) is 0 Å². The minimum Gasteiger partial charge on any atom is -0.391 e. The van der Waals surface area contributed by atoms with Gasteiger partial charge in [0, 0.05) is 24.7 Å². The van der Waals surface area contributed by atoms with Gasteiger partial charge in [-0.25, -0.2) is 0 Å². The van der Waals surface area contributed by atoms with E-state index in [9.17, 15) is 5.11 Å². The standard InChI is InChI=1S/C12H26N2O/c1-5-6-12(3,4)14-7-9(2)11(15)10(13)8-14/h9-11,15H,5-8,13H2,1-4H3. The van der Waals surface area contributed by atoms with Gasteiger partial charge in [-0.15, -0.1) is 0 Å². The molecule has 0 amide bonds. The summed E-state index contributed by atoms with van der Waals surface area (Å²) in [7, 11) is 0. The highest BCUT2D eigenvalue weighted by atomic mass is 16.3. The molecule has 90 valence electrons. The van der Waals surface area contributed by atoms with Crippen molar-refractivity contribution in [3.05, 3.63) is 0 Å². The maximum atomic E-state index is 9.81. The average Bonchev–Trinajstić information content (AvgIpc) is 2.13. The van der Waals surface area contributed by atoms with Crippen molar-refractivity contribution in [1.82, 2.24) is 4.90 Å². The summed E-state index contributed by atoms with van der Waals surface area (Å²) in [4.78, 5) is 2.43. The number of aliphatic hydroxyl groups excluding tert-OH is 1. The van der Waals surface area contributed by atoms with Crippen molar-refractivity contribution in [1.29, 1.82) is 0 Å². The zero-order valence-corrected chi connectivity index (χ0v) is 10.5. The van der Waals surface area contributed by atoms with Crippen LogP contribution in [0.2, 0.25) is 0 Å². The van der Waals surface area contributed by atoms with Gasteiger partial charge in [-0.2, -0.15) is 0 Å². The number of likely N-dealkylation sites (tertiary alicyclic amines) is 1. The van der Waals surface area contributed by atoms with Gasteiger partial charge in [-0.1, -0.05) is 20.3 Å². The normalized spacial score (nSPS) is 34.4. The largest absolute Gasteiger partial charge is 0.391 e. The lowest BCUT2D eigenvalue weighted by atomic mass is 9.87. The fourth-order valence-corrected chi connectivity index (χ4v) is 2.58. The molecule has 3 nitrogen and oxygen atoms in total. The Morgan fingerprint density at radius 3 is 2.47 bits per heavy atom. The van der Waals surface area contributed by atoms with E-state index in [-0.39, 0.29) is 23.6 Å². The van der Waals surface area contributed by atoms with Gasteiger partial charge in [0.25, 0.3) is 0 Å². The van der Waals surface area contributed by atoms with Gasteiger partial charge in [-0.3, -0.25) is 4.90 Å². The number of aliphatic hydroxyl groups is 1. The van der Waals surface area contributed by atoms with Gasteiger partial charge in [-0.05, 0) is 26.2 Å². The molecule has 3 unspecified atom stereocenters. The Bertz CT molecular complexity index is 194. The lowest BCUT2D eigenvalue weighted by Crippen LogP contribution is -2.60. The van der Waals surface area contributed by atoms with E-state index in [0.717, 1.165) is 13.1 Å². The minimum atomic E-state index is -0.335. The first-order valence-electron chi connectivity index (χ1n) is 6.07. The Hall–Kier alpha value is -0.120. The third-order valence-corrected chi connectivity index (χ3v) is 3.68. The van der Waals surface area contributed by atoms with E-state index in [2.05, 4.69) is 32.6 Å². The third kappa shape index (κ3) is 2.92. The molecule has 1 aliphatic heterocycles. The molecule has 15 heavy (non-hydrogen) atoms. The second kappa shape index (κ2) is 4.81. The molecule has 0 radical (unpaired) electrons. The van der Waals surface area contributed by atoms with Crippen LogP contribution in [0, 0.1) is 5.92 Å². The number of nitrogens with zero attached hydrogens (tertiary/aromatic N) is 1. The molecule has 3 N–H and O–H groups in total. The van der Waals surface area contributed by atoms with Gasteiger partial charge < -0.3 is 10.8 Å². The molecule has 1 rings (SSSR count). The van der Waals surface area contributed by atoms with Crippen LogP contribution < -0.4 is 5.73 Å². The van der Waals surface area contributed by atoms with Crippen molar-refractivity contribution >= 4 is 0 Å². The quantitative estimate of drug-likeness (QED) is 0.742. The highest BCUT2D eigenvalue weighted by molar-refractivity contribution is 4.93. The van der Waals surface area contributed by atoms with Crippen molar-refractivity contribution in [3.63, 3.8) is 0 Å². The molecule has 0 aromatic carbocycles. The van der Waals surface area contributed by atoms with E-state index in [1.807, 2.05) is 0 Å². The summed E-state index contributed by atoms with van der Waals surface area (Å²) >= 11 is 0. The molecule has 0 spiro atoms. The Kier molecular flexibility index (Phi) is 4.15. The molecule has 1 saturated heterocycles. The molecule has 1 fully saturated rings. The van der Waals surface area contributed by atoms with Gasteiger partial charge in [0.15, 0.2) is 0 Å². The van der Waals surface area contributed by atoms with Crippen molar-refractivity contribution in [2.75, 3.05) is 13.1 Å². The van der Waals surface area contributed by atoms with Crippen molar-refractivity contribution < 1.29 is 5.11 Å². The van der Waals surface area contributed by atoms with E-state index >= 15 is 0 Å². The summed E-state index contributed by atoms with van der Waals surface area (Å²) in [6.07, 6.45) is 2.04. The number of hydrogen-bond acceptors (Lipinski definition) is 3. The first-order chi connectivity index (χ1) is 6.88. The molecule has 0 bridgehead atoms. The minimum absolute atomic E-state index is 0.0927. The van der Waals surface area contributed by atoms with Gasteiger partial charge in [0.05, 0.1) is 6.10 Å². The van der Waals surface area contributed by atoms with Crippen LogP contribution >= 0.6 is 0 Å². The average molecular weight is 214 g/mol. The van der Waals surface area contributed by atoms with Gasteiger partial charge in [0.2, 0.25) is 0 Å². The summed E-state index contributed by atoms with van der Waals surface area (Å²) in [5.41, 5.74) is 6.17. The predicted octanol–water partition coefficient (Wildman–Crippen LogP) is 1.21. The van der Waals surface area contributed by atoms with Crippen LogP contribution in [-0.2, 0) is 0 Å². The molecule has 0 aromatic rings. The zero-order chi connectivity index (χ0) is 11.6. The van der Waals surface area contributed by atoms with E-state index < -0.39 is 0 Å². The second-order valence-electron chi connectivity index (χ2n) is 5.60. The Labute approximate surface area is 93.6 Å². The molecule has 0 aliphatic carbocycles. The van der Waals surface area contributed by atoms with Crippen LogP contribution in [0.4, 0.5) is 0 Å². The Balaban J connectivity index is 2.64. The monoisotopic (exact) mass is 214 g/mol. The number of rotatable bonds is 3. The maximum absolute atomic E-state index is 9.81. The molecule has 0 saturated carbocycles. The van der Waals surface area contributed by atoms with E-state index in [1.165, 1.54) is 12.8 Å². The maximum Gasteiger partial charge on any atom is 0.0741 e. The van der Waals surface area contributed by atoms with Crippen LogP contribution in [0.15, 0.2) is 0 Å². The topological polar surface area (TPSA) is 49.5 Å². The number of hydrogen-bond donors (Lipinski definition) is 2. The first kappa shape index (κ1) is 12.9. The molecule has 1 heterocycles. The smallest absolute Gasteiger partial charge is 0.0741 e. The highest BCUT2D eigenvalue weighted by Crippen LogP contribution is 2.26. The summed E-state index contributed by atoms with van der Waals surface area (Å²) < 4.78 is 0.